The van der Waals surface area contributed by atoms with Gasteiger partial charge in [-0.05, 0) is 41.5 Å². The molecule has 5 nitrogen and oxygen atoms in total. The number of hydrogen-bond acceptors (Lipinski definition) is 4. The topological polar surface area (TPSA) is 94.8 Å². The lowest BCUT2D eigenvalue weighted by molar-refractivity contribution is 0.439. The second-order valence-corrected chi connectivity index (χ2v) is 9.28. The lowest BCUT2D eigenvalue weighted by Gasteiger charge is -2.34. The van der Waals surface area contributed by atoms with Crippen molar-refractivity contribution in [3.63, 3.8) is 0 Å². The summed E-state index contributed by atoms with van der Waals surface area (Å²) in [6.45, 7) is 0. The van der Waals surface area contributed by atoms with Crippen molar-refractivity contribution in [2.75, 3.05) is 0 Å². The van der Waals surface area contributed by atoms with Crippen LogP contribution < -0.4 is 0 Å². The predicted octanol–water partition coefficient (Wildman–Crippen LogP) is 5.89. The van der Waals surface area contributed by atoms with Crippen molar-refractivity contribution < 1.29 is 23.2 Å². The molecule has 0 fully saturated rings. The Balaban J connectivity index is 2.62. The number of halogens is 4. The van der Waals surface area contributed by atoms with Gasteiger partial charge in [0.15, 0.2) is 4.75 Å². The van der Waals surface area contributed by atoms with Crippen LogP contribution in [0.5, 0.6) is 11.5 Å². The molecule has 29 heavy (non-hydrogen) atoms. The standard InChI is InChI=1S/C19H12Cl4O5S/c20-12-6-4-10(5-7-12)19(29(26,27)28,11-2-1-3-13(24)8-11)16-14(21)9-15(22)17(23)18(16)25/h1-9,24-25H,(H,26,27,28). The molecule has 0 aliphatic heterocycles. The first-order chi connectivity index (χ1) is 13.5. The highest BCUT2D eigenvalue weighted by Gasteiger charge is 2.52. The zero-order valence-corrected chi connectivity index (χ0v) is 18.1. The van der Waals surface area contributed by atoms with E-state index in [-0.39, 0.29) is 31.9 Å². The minimum absolute atomic E-state index is 0.00871. The Morgan fingerprint density at radius 2 is 1.41 bits per heavy atom. The van der Waals surface area contributed by atoms with E-state index >= 15 is 0 Å². The highest BCUT2D eigenvalue weighted by molar-refractivity contribution is 7.87. The Bertz CT molecular complexity index is 1200. The highest BCUT2D eigenvalue weighted by Crippen LogP contribution is 2.53. The van der Waals surface area contributed by atoms with Gasteiger partial charge in [0.2, 0.25) is 0 Å². The number of hydrogen-bond donors (Lipinski definition) is 3. The van der Waals surface area contributed by atoms with Gasteiger partial charge in [0.05, 0.1) is 10.0 Å². The average Bonchev–Trinajstić information content (AvgIpc) is 2.63. The minimum Gasteiger partial charge on any atom is -0.508 e. The van der Waals surface area contributed by atoms with Crippen LogP contribution in [0, 0.1) is 0 Å². The summed E-state index contributed by atoms with van der Waals surface area (Å²) in [5.74, 6) is -1.01. The van der Waals surface area contributed by atoms with E-state index in [0.717, 1.165) is 12.1 Å². The van der Waals surface area contributed by atoms with E-state index in [1.54, 1.807) is 0 Å². The summed E-state index contributed by atoms with van der Waals surface area (Å²) in [7, 11) is -5.09. The number of aromatic hydroxyl groups is 2. The molecule has 152 valence electrons. The van der Waals surface area contributed by atoms with Gasteiger partial charge in [0.1, 0.15) is 16.5 Å². The quantitative estimate of drug-likeness (QED) is 0.239. The molecular weight excluding hydrogens is 482 g/mol. The maximum absolute atomic E-state index is 12.9. The minimum atomic E-state index is -5.09. The van der Waals surface area contributed by atoms with E-state index < -0.39 is 26.2 Å². The lowest BCUT2D eigenvalue weighted by Crippen LogP contribution is -2.38. The molecule has 0 bridgehead atoms. The number of benzene rings is 3. The Kier molecular flexibility index (Phi) is 5.98. The SMILES string of the molecule is O=S(=O)(O)C(c1ccc(Cl)cc1)(c1cccc(O)c1)c1c(Cl)cc(Cl)c(Cl)c1O. The van der Waals surface area contributed by atoms with Crippen LogP contribution in [0.2, 0.25) is 20.1 Å². The van der Waals surface area contributed by atoms with Gasteiger partial charge in [-0.1, -0.05) is 70.7 Å². The van der Waals surface area contributed by atoms with Crippen LogP contribution in [-0.2, 0) is 14.9 Å². The Morgan fingerprint density at radius 3 is 1.97 bits per heavy atom. The van der Waals surface area contributed by atoms with Crippen LogP contribution in [0.3, 0.4) is 0 Å². The van der Waals surface area contributed by atoms with Crippen LogP contribution in [-0.4, -0.2) is 23.2 Å². The van der Waals surface area contributed by atoms with Crippen LogP contribution >= 0.6 is 46.4 Å². The molecule has 0 spiro atoms. The third-order valence-corrected chi connectivity index (χ3v) is 7.17. The van der Waals surface area contributed by atoms with Crippen molar-refractivity contribution in [1.82, 2.24) is 0 Å². The fraction of sp³-hybridized carbons (Fsp3) is 0.0526. The van der Waals surface area contributed by atoms with Gasteiger partial charge >= 0.3 is 0 Å². The van der Waals surface area contributed by atoms with Crippen LogP contribution in [0.15, 0.2) is 54.6 Å². The van der Waals surface area contributed by atoms with E-state index in [4.69, 9.17) is 46.4 Å². The first-order valence-corrected chi connectivity index (χ1v) is 10.8. The summed E-state index contributed by atoms with van der Waals surface area (Å²) in [6, 6.07) is 11.8. The fourth-order valence-corrected chi connectivity index (χ4v) is 5.46. The largest absolute Gasteiger partial charge is 0.508 e. The molecule has 1 unspecified atom stereocenters. The maximum Gasteiger partial charge on any atom is 0.283 e. The smallest absolute Gasteiger partial charge is 0.283 e. The molecule has 3 rings (SSSR count). The van der Waals surface area contributed by atoms with Crippen molar-refractivity contribution in [2.24, 2.45) is 0 Å². The van der Waals surface area contributed by atoms with E-state index in [1.165, 1.54) is 42.5 Å². The number of phenolic OH excluding ortho intramolecular Hbond substituents is 2. The summed E-state index contributed by atoms with van der Waals surface area (Å²) < 4.78 is 33.9. The lowest BCUT2D eigenvalue weighted by atomic mass is 9.83. The number of phenols is 2. The normalized spacial score (nSPS) is 13.8. The molecule has 0 amide bonds. The van der Waals surface area contributed by atoms with Gasteiger partial charge < -0.3 is 10.2 Å². The summed E-state index contributed by atoms with van der Waals surface area (Å²) in [5, 5.41) is 20.3. The van der Waals surface area contributed by atoms with Gasteiger partial charge in [-0.3, -0.25) is 4.55 Å². The summed E-state index contributed by atoms with van der Waals surface area (Å²) in [4.78, 5) is 0. The van der Waals surface area contributed by atoms with Gasteiger partial charge in [-0.2, -0.15) is 8.42 Å². The van der Waals surface area contributed by atoms with E-state index in [1.807, 2.05) is 0 Å². The van der Waals surface area contributed by atoms with Crippen molar-refractivity contribution >= 4 is 56.5 Å². The molecule has 10 heteroatoms. The van der Waals surface area contributed by atoms with Gasteiger partial charge in [0.25, 0.3) is 10.1 Å². The summed E-state index contributed by atoms with van der Waals surface area (Å²) in [6.07, 6.45) is 0. The molecule has 0 heterocycles. The Hall–Kier alpha value is -1.67. The van der Waals surface area contributed by atoms with Gasteiger partial charge in [-0.25, -0.2) is 0 Å². The van der Waals surface area contributed by atoms with Crippen molar-refractivity contribution in [2.45, 2.75) is 4.75 Å². The monoisotopic (exact) mass is 492 g/mol. The second-order valence-electron chi connectivity index (χ2n) is 6.09. The zero-order valence-electron chi connectivity index (χ0n) is 14.3. The first kappa shape index (κ1) is 22.0. The third-order valence-electron chi connectivity index (χ3n) is 4.39. The highest BCUT2D eigenvalue weighted by atomic mass is 35.5. The van der Waals surface area contributed by atoms with Gasteiger partial charge in [-0.15, -0.1) is 0 Å². The molecule has 0 saturated carbocycles. The molecule has 3 aromatic carbocycles. The van der Waals surface area contributed by atoms with Crippen LogP contribution in [0.1, 0.15) is 16.7 Å². The van der Waals surface area contributed by atoms with E-state index in [2.05, 4.69) is 0 Å². The van der Waals surface area contributed by atoms with E-state index in [0.29, 0.717) is 5.02 Å². The first-order valence-electron chi connectivity index (χ1n) is 7.89. The molecule has 0 radical (unpaired) electrons. The molecule has 0 saturated heterocycles. The van der Waals surface area contributed by atoms with Crippen molar-refractivity contribution in [3.8, 4) is 11.5 Å². The molecule has 3 N–H and O–H groups in total. The fourth-order valence-electron chi connectivity index (χ4n) is 3.21. The van der Waals surface area contributed by atoms with Crippen molar-refractivity contribution in [1.29, 1.82) is 0 Å². The molecule has 0 aliphatic rings. The van der Waals surface area contributed by atoms with Crippen molar-refractivity contribution in [3.05, 3.63) is 91.4 Å². The van der Waals surface area contributed by atoms with Crippen LogP contribution in [0.4, 0.5) is 0 Å². The summed E-state index contributed by atoms with van der Waals surface area (Å²) >= 11 is 24.2. The Labute approximate surface area is 186 Å². The molecule has 1 atom stereocenters. The average molecular weight is 494 g/mol. The predicted molar refractivity (Wildman–Crippen MR) is 114 cm³/mol. The second kappa shape index (κ2) is 7.87. The number of rotatable bonds is 4. The maximum atomic E-state index is 12.9. The Morgan fingerprint density at radius 1 is 0.793 bits per heavy atom. The van der Waals surface area contributed by atoms with Gasteiger partial charge in [0, 0.05) is 10.6 Å². The third kappa shape index (κ3) is 3.65. The van der Waals surface area contributed by atoms with E-state index in [9.17, 15) is 23.2 Å². The molecule has 0 aromatic heterocycles. The van der Waals surface area contributed by atoms with Crippen LogP contribution in [0.25, 0.3) is 0 Å². The molecule has 0 aliphatic carbocycles. The summed E-state index contributed by atoms with van der Waals surface area (Å²) in [5.41, 5.74) is -0.535. The zero-order chi connectivity index (χ0) is 21.6. The molecule has 3 aromatic rings. The molecular formula is C19H12Cl4O5S.